The maximum Gasteiger partial charge on any atom is 0.334 e. The highest BCUT2D eigenvalue weighted by Crippen LogP contribution is 2.25. The molecule has 1 aliphatic heterocycles. The van der Waals surface area contributed by atoms with E-state index >= 15 is 0 Å². The van der Waals surface area contributed by atoms with E-state index in [1.54, 1.807) is 18.2 Å². The van der Waals surface area contributed by atoms with Crippen molar-refractivity contribution in [2.24, 2.45) is 0 Å². The molecule has 0 saturated carbocycles. The second-order valence-electron chi connectivity index (χ2n) is 3.86. The first-order valence-corrected chi connectivity index (χ1v) is 5.50. The van der Waals surface area contributed by atoms with Crippen LogP contribution in [-0.4, -0.2) is 26.2 Å². The average molecular weight is 235 g/mol. The van der Waals surface area contributed by atoms with Gasteiger partial charge >= 0.3 is 5.97 Å². The molecule has 0 atom stereocenters. The second kappa shape index (κ2) is 5.10. The van der Waals surface area contributed by atoms with Crippen molar-refractivity contribution in [1.29, 1.82) is 0 Å². The number of benzene rings is 1. The van der Waals surface area contributed by atoms with E-state index < -0.39 is 0 Å². The largest absolute Gasteiger partial charge is 0.466 e. The van der Waals surface area contributed by atoms with E-state index in [1.165, 1.54) is 13.2 Å². The van der Waals surface area contributed by atoms with Crippen molar-refractivity contribution in [3.8, 4) is 0 Å². The van der Waals surface area contributed by atoms with E-state index in [0.29, 0.717) is 36.2 Å². The first-order valence-electron chi connectivity index (χ1n) is 5.50. The highest BCUT2D eigenvalue weighted by Gasteiger charge is 2.21. The molecule has 0 saturated heterocycles. The van der Waals surface area contributed by atoms with Crippen LogP contribution in [0.4, 0.5) is 4.39 Å². The fourth-order valence-corrected chi connectivity index (χ4v) is 2.00. The van der Waals surface area contributed by atoms with Crippen molar-refractivity contribution in [1.82, 2.24) is 5.32 Å². The highest BCUT2D eigenvalue weighted by atomic mass is 19.1. The van der Waals surface area contributed by atoms with Crippen molar-refractivity contribution < 1.29 is 13.9 Å². The lowest BCUT2D eigenvalue weighted by molar-refractivity contribution is -0.136. The van der Waals surface area contributed by atoms with E-state index in [1.807, 2.05) is 0 Å². The van der Waals surface area contributed by atoms with Gasteiger partial charge < -0.3 is 10.1 Å². The number of methoxy groups -OCH3 is 1. The summed E-state index contributed by atoms with van der Waals surface area (Å²) in [5, 5.41) is 3.14. The van der Waals surface area contributed by atoms with Gasteiger partial charge in [-0.3, -0.25) is 0 Å². The van der Waals surface area contributed by atoms with Gasteiger partial charge in [-0.25, -0.2) is 9.18 Å². The molecule has 3 nitrogen and oxygen atoms in total. The molecular formula is C13H14FNO2. The lowest BCUT2D eigenvalue weighted by atomic mass is 9.94. The molecule has 0 radical (unpaired) electrons. The van der Waals surface area contributed by atoms with Gasteiger partial charge in [0.05, 0.1) is 7.11 Å². The third kappa shape index (κ3) is 2.36. The number of rotatable bonds is 2. The van der Waals surface area contributed by atoms with Crippen LogP contribution in [0.25, 0.3) is 5.57 Å². The molecule has 90 valence electrons. The summed E-state index contributed by atoms with van der Waals surface area (Å²) >= 11 is 0. The predicted octanol–water partition coefficient (Wildman–Crippen LogP) is 1.75. The van der Waals surface area contributed by atoms with Crippen LogP contribution in [0, 0.1) is 5.82 Å². The Morgan fingerprint density at radius 3 is 2.88 bits per heavy atom. The Bertz CT molecular complexity index is 468. The summed E-state index contributed by atoms with van der Waals surface area (Å²) in [6, 6.07) is 6.47. The van der Waals surface area contributed by atoms with Crippen molar-refractivity contribution in [2.75, 3.05) is 20.2 Å². The number of ether oxygens (including phenoxy) is 1. The van der Waals surface area contributed by atoms with Gasteiger partial charge in [-0.2, -0.15) is 0 Å². The number of esters is 1. The Balaban J connectivity index is 2.49. The fourth-order valence-electron chi connectivity index (χ4n) is 2.00. The molecule has 2 rings (SSSR count). The zero-order valence-electron chi connectivity index (χ0n) is 9.63. The van der Waals surface area contributed by atoms with Crippen LogP contribution in [-0.2, 0) is 9.53 Å². The lowest BCUT2D eigenvalue weighted by Crippen LogP contribution is -2.27. The molecule has 17 heavy (non-hydrogen) atoms. The quantitative estimate of drug-likeness (QED) is 0.794. The summed E-state index contributed by atoms with van der Waals surface area (Å²) in [7, 11) is 1.34. The Hall–Kier alpha value is -1.68. The minimum atomic E-state index is -0.371. The molecular weight excluding hydrogens is 221 g/mol. The summed E-state index contributed by atoms with van der Waals surface area (Å²) in [6.45, 7) is 1.20. The van der Waals surface area contributed by atoms with Gasteiger partial charge in [0.2, 0.25) is 0 Å². The lowest BCUT2D eigenvalue weighted by Gasteiger charge is -2.20. The maximum atomic E-state index is 13.7. The van der Waals surface area contributed by atoms with E-state index in [4.69, 9.17) is 4.74 Å². The van der Waals surface area contributed by atoms with Gasteiger partial charge in [-0.05, 0) is 24.6 Å². The third-order valence-electron chi connectivity index (χ3n) is 2.85. The smallest absolute Gasteiger partial charge is 0.334 e. The second-order valence-corrected chi connectivity index (χ2v) is 3.86. The topological polar surface area (TPSA) is 38.3 Å². The first kappa shape index (κ1) is 11.8. The van der Waals surface area contributed by atoms with Gasteiger partial charge in [-0.1, -0.05) is 18.2 Å². The summed E-state index contributed by atoms with van der Waals surface area (Å²) in [6.07, 6.45) is 0.566. The van der Waals surface area contributed by atoms with Gasteiger partial charge in [0.1, 0.15) is 5.82 Å². The van der Waals surface area contributed by atoms with Crippen LogP contribution >= 0.6 is 0 Å². The molecule has 0 spiro atoms. The van der Waals surface area contributed by atoms with Gasteiger partial charge in [-0.15, -0.1) is 0 Å². The van der Waals surface area contributed by atoms with Crippen molar-refractivity contribution in [3.63, 3.8) is 0 Å². The Morgan fingerprint density at radius 2 is 2.18 bits per heavy atom. The maximum absolute atomic E-state index is 13.7. The van der Waals surface area contributed by atoms with Gasteiger partial charge in [0.25, 0.3) is 0 Å². The van der Waals surface area contributed by atoms with Crippen LogP contribution < -0.4 is 5.32 Å². The number of halogens is 1. The molecule has 0 bridgehead atoms. The Kier molecular flexibility index (Phi) is 3.54. The van der Waals surface area contributed by atoms with Crippen LogP contribution in [0.2, 0.25) is 0 Å². The van der Waals surface area contributed by atoms with Crippen molar-refractivity contribution >= 4 is 11.5 Å². The predicted molar refractivity (Wildman–Crippen MR) is 62.8 cm³/mol. The van der Waals surface area contributed by atoms with Gasteiger partial charge in [0.15, 0.2) is 0 Å². The first-order chi connectivity index (χ1) is 8.24. The molecule has 1 aromatic carbocycles. The molecule has 0 aliphatic carbocycles. The summed E-state index contributed by atoms with van der Waals surface area (Å²) in [5.74, 6) is -0.683. The molecule has 0 fully saturated rings. The normalized spacial score (nSPS) is 15.9. The van der Waals surface area contributed by atoms with Crippen molar-refractivity contribution in [2.45, 2.75) is 6.42 Å². The molecule has 4 heteroatoms. The Labute approximate surface area is 99.3 Å². The minimum Gasteiger partial charge on any atom is -0.466 e. The van der Waals surface area contributed by atoms with Crippen molar-refractivity contribution in [3.05, 3.63) is 41.2 Å². The van der Waals surface area contributed by atoms with Gasteiger partial charge in [0, 0.05) is 17.7 Å². The minimum absolute atomic E-state index is 0.312. The molecule has 0 amide bonds. The standard InChI is InChI=1S/C13H14FNO2/c1-17-13(16)10-6-7-15-8-11(10)9-4-2-3-5-12(9)14/h2-5,15H,6-8H2,1H3. The van der Waals surface area contributed by atoms with E-state index in [-0.39, 0.29) is 11.8 Å². The van der Waals surface area contributed by atoms with Crippen LogP contribution in [0.3, 0.4) is 0 Å². The zero-order valence-corrected chi connectivity index (χ0v) is 9.63. The number of carbonyl (C=O) groups excluding carboxylic acids is 1. The molecule has 1 N–H and O–H groups in total. The Morgan fingerprint density at radius 1 is 1.41 bits per heavy atom. The molecule has 1 aliphatic rings. The van der Waals surface area contributed by atoms with E-state index in [0.717, 1.165) is 0 Å². The summed E-state index contributed by atoms with van der Waals surface area (Å²) in [4.78, 5) is 11.6. The number of hydrogen-bond donors (Lipinski definition) is 1. The third-order valence-corrected chi connectivity index (χ3v) is 2.85. The highest BCUT2D eigenvalue weighted by molar-refractivity contribution is 5.98. The molecule has 1 aromatic rings. The molecule has 0 unspecified atom stereocenters. The average Bonchev–Trinajstić information content (AvgIpc) is 2.38. The van der Waals surface area contributed by atoms with Crippen LogP contribution in [0.1, 0.15) is 12.0 Å². The van der Waals surface area contributed by atoms with Crippen LogP contribution in [0.15, 0.2) is 29.8 Å². The van der Waals surface area contributed by atoms with E-state index in [2.05, 4.69) is 5.32 Å². The monoisotopic (exact) mass is 235 g/mol. The SMILES string of the molecule is COC(=O)C1=C(c2ccccc2F)CNCC1. The summed E-state index contributed by atoms with van der Waals surface area (Å²) in [5.41, 5.74) is 1.73. The number of carbonyl (C=O) groups is 1. The van der Waals surface area contributed by atoms with Crippen LogP contribution in [0.5, 0.6) is 0 Å². The number of nitrogens with one attached hydrogen (secondary N) is 1. The molecule has 0 aromatic heterocycles. The zero-order chi connectivity index (χ0) is 12.3. The molecule has 1 heterocycles. The summed E-state index contributed by atoms with van der Waals surface area (Å²) < 4.78 is 18.4. The number of hydrogen-bond acceptors (Lipinski definition) is 3. The fraction of sp³-hybridized carbons (Fsp3) is 0.308. The van der Waals surface area contributed by atoms with E-state index in [9.17, 15) is 9.18 Å².